The monoisotopic (exact) mass is 381 g/mol. The Bertz CT molecular complexity index is 920. The van der Waals surface area contributed by atoms with Crippen molar-refractivity contribution >= 4 is 17.2 Å². The predicted molar refractivity (Wildman–Crippen MR) is 102 cm³/mol. The standard InChI is InChI=1S/C21H19NO6/c23-20(24)11-5-10-18(16-8-4-9-17(13-16)22(25)26)19-14-27-21(28-19)12-15-6-2-1-3-7-15/h1-4,6-10,13-14,21H,5,11-12H2,(H,23,24). The summed E-state index contributed by atoms with van der Waals surface area (Å²) in [6, 6.07) is 15.8. The van der Waals surface area contributed by atoms with E-state index in [9.17, 15) is 14.9 Å². The van der Waals surface area contributed by atoms with E-state index in [1.54, 1.807) is 18.2 Å². The molecule has 0 aromatic heterocycles. The molecule has 0 spiro atoms. The van der Waals surface area contributed by atoms with Gasteiger partial charge < -0.3 is 14.6 Å². The van der Waals surface area contributed by atoms with E-state index in [2.05, 4.69) is 0 Å². The van der Waals surface area contributed by atoms with Crippen LogP contribution in [0.4, 0.5) is 5.69 Å². The quantitative estimate of drug-likeness (QED) is 0.541. The Labute approximate surface area is 161 Å². The zero-order valence-electron chi connectivity index (χ0n) is 15.0. The molecule has 144 valence electrons. The zero-order valence-corrected chi connectivity index (χ0v) is 15.0. The van der Waals surface area contributed by atoms with Crippen LogP contribution < -0.4 is 0 Å². The number of non-ortho nitro benzene ring substituents is 1. The van der Waals surface area contributed by atoms with Gasteiger partial charge in [-0.3, -0.25) is 14.9 Å². The molecule has 28 heavy (non-hydrogen) atoms. The number of allylic oxidation sites excluding steroid dienone is 2. The topological polar surface area (TPSA) is 98.9 Å². The van der Waals surface area contributed by atoms with E-state index in [4.69, 9.17) is 14.6 Å². The van der Waals surface area contributed by atoms with E-state index < -0.39 is 17.2 Å². The summed E-state index contributed by atoms with van der Waals surface area (Å²) in [5.74, 6) is -0.499. The van der Waals surface area contributed by atoms with E-state index >= 15 is 0 Å². The lowest BCUT2D eigenvalue weighted by atomic mass is 10.0. The molecule has 0 saturated heterocycles. The molecule has 2 aromatic rings. The van der Waals surface area contributed by atoms with Crippen LogP contribution in [-0.4, -0.2) is 22.3 Å². The van der Waals surface area contributed by atoms with Gasteiger partial charge in [-0.25, -0.2) is 0 Å². The van der Waals surface area contributed by atoms with Crippen molar-refractivity contribution in [2.24, 2.45) is 0 Å². The van der Waals surface area contributed by atoms with Gasteiger partial charge in [0.25, 0.3) is 5.69 Å². The number of nitrogens with zero attached hydrogens (tertiary/aromatic N) is 1. The van der Waals surface area contributed by atoms with Crippen molar-refractivity contribution in [3.05, 3.63) is 93.9 Å². The number of ether oxygens (including phenoxy) is 2. The third-order valence-electron chi connectivity index (χ3n) is 4.17. The van der Waals surface area contributed by atoms with Crippen LogP contribution in [0.3, 0.4) is 0 Å². The van der Waals surface area contributed by atoms with E-state index in [0.717, 1.165) is 5.56 Å². The second-order valence-corrected chi connectivity index (χ2v) is 6.21. The van der Waals surface area contributed by atoms with Gasteiger partial charge in [0.05, 0.1) is 4.92 Å². The molecular weight excluding hydrogens is 362 g/mol. The van der Waals surface area contributed by atoms with Gasteiger partial charge in [0.15, 0.2) is 5.76 Å². The van der Waals surface area contributed by atoms with Crippen LogP contribution in [0.1, 0.15) is 24.0 Å². The fraction of sp³-hybridized carbons (Fsp3) is 0.190. The normalized spacial score (nSPS) is 16.1. The molecule has 7 nitrogen and oxygen atoms in total. The van der Waals surface area contributed by atoms with Crippen LogP contribution in [0.25, 0.3) is 5.57 Å². The lowest BCUT2D eigenvalue weighted by molar-refractivity contribution is -0.384. The van der Waals surface area contributed by atoms with Crippen LogP contribution in [-0.2, 0) is 20.7 Å². The number of carbonyl (C=O) groups is 1. The number of nitro groups is 1. The molecule has 0 saturated carbocycles. The summed E-state index contributed by atoms with van der Waals surface area (Å²) in [7, 11) is 0. The predicted octanol–water partition coefficient (Wildman–Crippen LogP) is 4.30. The minimum Gasteiger partial charge on any atom is -0.481 e. The first-order valence-corrected chi connectivity index (χ1v) is 8.76. The number of aliphatic carboxylic acids is 1. The summed E-state index contributed by atoms with van der Waals surface area (Å²) >= 11 is 0. The number of rotatable bonds is 8. The average molecular weight is 381 g/mol. The largest absolute Gasteiger partial charge is 0.481 e. The molecule has 0 fully saturated rings. The fourth-order valence-corrected chi connectivity index (χ4v) is 2.85. The Morgan fingerprint density at radius 2 is 1.96 bits per heavy atom. The molecule has 0 aliphatic carbocycles. The number of hydrogen-bond acceptors (Lipinski definition) is 5. The van der Waals surface area contributed by atoms with Crippen LogP contribution >= 0.6 is 0 Å². The molecular formula is C21H19NO6. The summed E-state index contributed by atoms with van der Waals surface area (Å²) in [6.07, 6.45) is 3.40. The maximum atomic E-state index is 11.1. The molecule has 1 N–H and O–H groups in total. The van der Waals surface area contributed by atoms with Gasteiger partial charge in [-0.15, -0.1) is 0 Å². The van der Waals surface area contributed by atoms with Gasteiger partial charge in [-0.1, -0.05) is 48.5 Å². The fourth-order valence-electron chi connectivity index (χ4n) is 2.85. The van der Waals surface area contributed by atoms with Crippen LogP contribution in [0.2, 0.25) is 0 Å². The number of carboxylic acids is 1. The Kier molecular flexibility index (Phi) is 6.06. The summed E-state index contributed by atoms with van der Waals surface area (Å²) in [6.45, 7) is 0. The van der Waals surface area contributed by atoms with Gasteiger partial charge in [0.1, 0.15) is 6.26 Å². The molecule has 1 unspecified atom stereocenters. The van der Waals surface area contributed by atoms with E-state index in [-0.39, 0.29) is 18.5 Å². The Hall–Kier alpha value is -3.61. The van der Waals surface area contributed by atoms with Crippen LogP contribution in [0, 0.1) is 10.1 Å². The van der Waals surface area contributed by atoms with Crippen molar-refractivity contribution in [2.45, 2.75) is 25.6 Å². The molecule has 2 aromatic carbocycles. The maximum Gasteiger partial charge on any atom is 0.303 e. The molecule has 1 aliphatic heterocycles. The first kappa shape index (κ1) is 19.2. The third-order valence-corrected chi connectivity index (χ3v) is 4.17. The minimum atomic E-state index is -0.922. The van der Waals surface area contributed by atoms with Crippen molar-refractivity contribution in [1.29, 1.82) is 0 Å². The summed E-state index contributed by atoms with van der Waals surface area (Å²) < 4.78 is 11.5. The van der Waals surface area contributed by atoms with E-state index in [1.807, 2.05) is 30.3 Å². The lowest BCUT2D eigenvalue weighted by Crippen LogP contribution is -2.12. The number of carboxylic acid groups (broad SMARTS) is 1. The highest BCUT2D eigenvalue weighted by Crippen LogP contribution is 2.32. The Morgan fingerprint density at radius 1 is 1.18 bits per heavy atom. The van der Waals surface area contributed by atoms with Crippen LogP contribution in [0.5, 0.6) is 0 Å². The van der Waals surface area contributed by atoms with Crippen molar-refractivity contribution in [2.75, 3.05) is 0 Å². The second-order valence-electron chi connectivity index (χ2n) is 6.21. The third kappa shape index (κ3) is 4.97. The number of benzene rings is 2. The minimum absolute atomic E-state index is 0.0537. The zero-order chi connectivity index (χ0) is 19.9. The Morgan fingerprint density at radius 3 is 2.68 bits per heavy atom. The molecule has 1 aliphatic rings. The Balaban J connectivity index is 1.80. The molecule has 0 radical (unpaired) electrons. The van der Waals surface area contributed by atoms with Crippen LogP contribution in [0.15, 0.2) is 72.7 Å². The lowest BCUT2D eigenvalue weighted by Gasteiger charge is -2.14. The highest BCUT2D eigenvalue weighted by atomic mass is 16.7. The van der Waals surface area contributed by atoms with Gasteiger partial charge >= 0.3 is 5.97 Å². The highest BCUT2D eigenvalue weighted by molar-refractivity contribution is 5.78. The molecule has 1 heterocycles. The van der Waals surface area contributed by atoms with Gasteiger partial charge in [-0.2, -0.15) is 0 Å². The van der Waals surface area contributed by atoms with E-state index in [1.165, 1.54) is 18.4 Å². The van der Waals surface area contributed by atoms with Gasteiger partial charge in [0, 0.05) is 30.5 Å². The van der Waals surface area contributed by atoms with E-state index in [0.29, 0.717) is 23.3 Å². The number of hydrogen-bond donors (Lipinski definition) is 1. The molecule has 1 atom stereocenters. The van der Waals surface area contributed by atoms with Crippen molar-refractivity contribution in [1.82, 2.24) is 0 Å². The SMILES string of the molecule is O=C(O)CCC=C(C1=COC(Cc2ccccc2)O1)c1cccc([N+](=O)[O-])c1. The van der Waals surface area contributed by atoms with Crippen molar-refractivity contribution in [3.8, 4) is 0 Å². The summed E-state index contributed by atoms with van der Waals surface area (Å²) in [5.41, 5.74) is 2.13. The highest BCUT2D eigenvalue weighted by Gasteiger charge is 2.24. The number of nitro benzene ring substituents is 1. The summed E-state index contributed by atoms with van der Waals surface area (Å²) in [5, 5.41) is 20.0. The molecule has 0 amide bonds. The summed E-state index contributed by atoms with van der Waals surface area (Å²) in [4.78, 5) is 21.5. The first-order chi connectivity index (χ1) is 13.5. The first-order valence-electron chi connectivity index (χ1n) is 8.76. The van der Waals surface area contributed by atoms with Crippen molar-refractivity contribution < 1.29 is 24.3 Å². The van der Waals surface area contributed by atoms with Gasteiger partial charge in [-0.05, 0) is 17.5 Å². The molecule has 7 heteroatoms. The maximum absolute atomic E-state index is 11.1. The molecule has 3 rings (SSSR count). The molecule has 0 bridgehead atoms. The van der Waals surface area contributed by atoms with Gasteiger partial charge in [0.2, 0.25) is 6.29 Å². The average Bonchev–Trinajstić information content (AvgIpc) is 3.14. The van der Waals surface area contributed by atoms with Crippen molar-refractivity contribution in [3.63, 3.8) is 0 Å². The second kappa shape index (κ2) is 8.85. The smallest absolute Gasteiger partial charge is 0.303 e.